The van der Waals surface area contributed by atoms with Crippen molar-refractivity contribution >= 4 is 26.8 Å². The third kappa shape index (κ3) is 4.11. The Morgan fingerprint density at radius 1 is 1.00 bits per heavy atom. The fourth-order valence-electron chi connectivity index (χ4n) is 3.86. The van der Waals surface area contributed by atoms with Crippen molar-refractivity contribution in [3.63, 3.8) is 0 Å². The van der Waals surface area contributed by atoms with Crippen LogP contribution in [0.3, 0.4) is 0 Å². The highest BCUT2D eigenvalue weighted by Crippen LogP contribution is 2.31. The summed E-state index contributed by atoms with van der Waals surface area (Å²) in [5.74, 6) is 0.818. The molecular weight excluding hydrogens is 418 g/mol. The molecule has 1 fully saturated rings. The number of carbonyl (C=O) groups excluding carboxylic acids is 1. The highest BCUT2D eigenvalue weighted by atomic mass is 32.2. The molecule has 0 atom stereocenters. The van der Waals surface area contributed by atoms with E-state index in [1.807, 2.05) is 30.5 Å². The number of para-hydroxylation sites is 1. The number of hydrogen-bond acceptors (Lipinski definition) is 5. The van der Waals surface area contributed by atoms with Crippen molar-refractivity contribution in [2.75, 3.05) is 40.4 Å². The van der Waals surface area contributed by atoms with Crippen molar-refractivity contribution in [3.8, 4) is 11.5 Å². The van der Waals surface area contributed by atoms with Crippen LogP contribution in [-0.2, 0) is 21.2 Å². The number of methoxy groups -OCH3 is 2. The van der Waals surface area contributed by atoms with Crippen molar-refractivity contribution in [2.45, 2.75) is 11.3 Å². The molecule has 0 spiro atoms. The lowest BCUT2D eigenvalue weighted by atomic mass is 10.1. The van der Waals surface area contributed by atoms with Crippen molar-refractivity contribution in [2.24, 2.45) is 0 Å². The number of fused-ring (bicyclic) bond motifs is 1. The molecule has 9 heteroatoms. The maximum atomic E-state index is 13.1. The lowest BCUT2D eigenvalue weighted by Gasteiger charge is -2.34. The molecule has 1 aliphatic rings. The molecule has 0 radical (unpaired) electrons. The number of sulfonamides is 1. The second-order valence-electron chi connectivity index (χ2n) is 7.34. The average molecular weight is 444 g/mol. The quantitative estimate of drug-likeness (QED) is 0.631. The fraction of sp³-hybridized carbons (Fsp3) is 0.318. The zero-order valence-electron chi connectivity index (χ0n) is 17.5. The Morgan fingerprint density at radius 2 is 1.71 bits per heavy atom. The molecule has 31 heavy (non-hydrogen) atoms. The minimum Gasteiger partial charge on any atom is -0.493 e. The number of carbonyl (C=O) groups is 1. The van der Waals surface area contributed by atoms with Gasteiger partial charge in [-0.2, -0.15) is 4.31 Å². The van der Waals surface area contributed by atoms with E-state index in [1.54, 1.807) is 11.0 Å². The summed E-state index contributed by atoms with van der Waals surface area (Å²) in [5, 5.41) is 1.03. The standard InChI is InChI=1S/C22H25N3O5S/c1-29-20-8-7-17(14-21(20)30-2)31(27,28)25-11-9-24(10-12-25)22(26)13-16-15-23-19-6-4-3-5-18(16)19/h3-8,14-15,23H,9-13H2,1-2H3. The second-order valence-corrected chi connectivity index (χ2v) is 9.28. The van der Waals surface area contributed by atoms with Crippen LogP contribution in [0.15, 0.2) is 53.6 Å². The maximum absolute atomic E-state index is 13.1. The summed E-state index contributed by atoms with van der Waals surface area (Å²) in [6.07, 6.45) is 2.15. The van der Waals surface area contributed by atoms with Crippen LogP contribution in [0.5, 0.6) is 11.5 Å². The average Bonchev–Trinajstić information content (AvgIpc) is 3.21. The predicted molar refractivity (Wildman–Crippen MR) is 117 cm³/mol. The molecule has 0 bridgehead atoms. The molecule has 164 valence electrons. The van der Waals surface area contributed by atoms with Crippen molar-refractivity contribution in [1.29, 1.82) is 0 Å². The maximum Gasteiger partial charge on any atom is 0.243 e. The highest BCUT2D eigenvalue weighted by Gasteiger charge is 2.31. The summed E-state index contributed by atoms with van der Waals surface area (Å²) in [6.45, 7) is 1.20. The largest absolute Gasteiger partial charge is 0.493 e. The first kappa shape index (κ1) is 21.2. The van der Waals surface area contributed by atoms with Crippen molar-refractivity contribution in [3.05, 3.63) is 54.2 Å². The third-order valence-corrected chi connectivity index (χ3v) is 7.50. The Balaban J connectivity index is 1.42. The number of amides is 1. The molecule has 1 N–H and O–H groups in total. The predicted octanol–water partition coefficient (Wildman–Crippen LogP) is 2.26. The van der Waals surface area contributed by atoms with Gasteiger partial charge < -0.3 is 19.4 Å². The van der Waals surface area contributed by atoms with Gasteiger partial charge in [-0.15, -0.1) is 0 Å². The fourth-order valence-corrected chi connectivity index (χ4v) is 5.29. The number of nitrogens with zero attached hydrogens (tertiary/aromatic N) is 2. The Bertz CT molecular complexity index is 1200. The minimum absolute atomic E-state index is 0.00656. The number of piperazine rings is 1. The molecule has 1 aliphatic heterocycles. The summed E-state index contributed by atoms with van der Waals surface area (Å²) < 4.78 is 37.9. The van der Waals surface area contributed by atoms with Gasteiger partial charge in [0.25, 0.3) is 0 Å². The number of rotatable bonds is 6. The van der Waals surface area contributed by atoms with Crippen LogP contribution in [0.2, 0.25) is 0 Å². The van der Waals surface area contributed by atoms with Gasteiger partial charge >= 0.3 is 0 Å². The van der Waals surface area contributed by atoms with Crippen LogP contribution in [-0.4, -0.2) is 68.9 Å². The number of aromatic amines is 1. The normalized spacial score (nSPS) is 15.2. The summed E-state index contributed by atoms with van der Waals surface area (Å²) in [7, 11) is -0.729. The van der Waals surface area contributed by atoms with E-state index in [0.717, 1.165) is 16.5 Å². The third-order valence-electron chi connectivity index (χ3n) is 5.60. The monoisotopic (exact) mass is 443 g/mol. The summed E-state index contributed by atoms with van der Waals surface area (Å²) >= 11 is 0. The molecule has 0 aliphatic carbocycles. The van der Waals surface area contributed by atoms with Gasteiger partial charge in [-0.05, 0) is 23.8 Å². The molecule has 3 aromatic rings. The Kier molecular flexibility index (Phi) is 5.88. The van der Waals surface area contributed by atoms with Crippen LogP contribution in [0.25, 0.3) is 10.9 Å². The molecule has 8 nitrogen and oxygen atoms in total. The Morgan fingerprint density at radius 3 is 2.42 bits per heavy atom. The first-order valence-corrected chi connectivity index (χ1v) is 11.4. The number of hydrogen-bond donors (Lipinski definition) is 1. The number of ether oxygens (including phenoxy) is 2. The lowest BCUT2D eigenvalue weighted by Crippen LogP contribution is -2.50. The van der Waals surface area contributed by atoms with Crippen LogP contribution < -0.4 is 9.47 Å². The van der Waals surface area contributed by atoms with Gasteiger partial charge in [0.15, 0.2) is 11.5 Å². The minimum atomic E-state index is -3.69. The van der Waals surface area contributed by atoms with E-state index < -0.39 is 10.0 Å². The van der Waals surface area contributed by atoms with Crippen molar-refractivity contribution in [1.82, 2.24) is 14.2 Å². The Hall–Kier alpha value is -3.04. The van der Waals surface area contributed by atoms with E-state index in [0.29, 0.717) is 24.6 Å². The van der Waals surface area contributed by atoms with E-state index in [-0.39, 0.29) is 30.3 Å². The van der Waals surface area contributed by atoms with Gasteiger partial charge in [-0.25, -0.2) is 8.42 Å². The van der Waals surface area contributed by atoms with E-state index in [2.05, 4.69) is 4.98 Å². The molecule has 0 saturated carbocycles. The summed E-state index contributed by atoms with van der Waals surface area (Å²) in [4.78, 5) is 17.9. The van der Waals surface area contributed by atoms with Crippen LogP contribution >= 0.6 is 0 Å². The molecular formula is C22H25N3O5S. The summed E-state index contributed by atoms with van der Waals surface area (Å²) in [5.41, 5.74) is 1.94. The lowest BCUT2D eigenvalue weighted by molar-refractivity contribution is -0.131. The second kappa shape index (κ2) is 8.60. The topological polar surface area (TPSA) is 91.9 Å². The Labute approximate surface area is 181 Å². The van der Waals surface area contributed by atoms with Gasteiger partial charge in [0.05, 0.1) is 25.5 Å². The van der Waals surface area contributed by atoms with Crippen LogP contribution in [0.1, 0.15) is 5.56 Å². The van der Waals surface area contributed by atoms with E-state index in [1.165, 1.54) is 30.7 Å². The summed E-state index contributed by atoms with van der Waals surface area (Å²) in [6, 6.07) is 12.4. The van der Waals surface area contributed by atoms with Gasteiger partial charge in [0.2, 0.25) is 15.9 Å². The molecule has 1 aromatic heterocycles. The van der Waals surface area contributed by atoms with Gasteiger partial charge in [0, 0.05) is 49.3 Å². The van der Waals surface area contributed by atoms with E-state index >= 15 is 0 Å². The zero-order valence-corrected chi connectivity index (χ0v) is 18.3. The van der Waals surface area contributed by atoms with Crippen molar-refractivity contribution < 1.29 is 22.7 Å². The van der Waals surface area contributed by atoms with Gasteiger partial charge in [0.1, 0.15) is 0 Å². The highest BCUT2D eigenvalue weighted by molar-refractivity contribution is 7.89. The molecule has 0 unspecified atom stereocenters. The molecule has 1 amide bonds. The van der Waals surface area contributed by atoms with Gasteiger partial charge in [-0.1, -0.05) is 18.2 Å². The molecule has 2 aromatic carbocycles. The molecule has 1 saturated heterocycles. The number of aromatic nitrogens is 1. The number of nitrogens with one attached hydrogen (secondary N) is 1. The van der Waals surface area contributed by atoms with E-state index in [4.69, 9.17) is 9.47 Å². The first-order chi connectivity index (χ1) is 14.9. The first-order valence-electron chi connectivity index (χ1n) is 9.99. The number of benzene rings is 2. The molecule has 2 heterocycles. The van der Waals surface area contributed by atoms with Crippen LogP contribution in [0, 0.1) is 0 Å². The zero-order chi connectivity index (χ0) is 22.0. The number of H-pyrrole nitrogens is 1. The molecule has 4 rings (SSSR count). The van der Waals surface area contributed by atoms with Crippen LogP contribution in [0.4, 0.5) is 0 Å². The van der Waals surface area contributed by atoms with Gasteiger partial charge in [-0.3, -0.25) is 4.79 Å². The van der Waals surface area contributed by atoms with E-state index in [9.17, 15) is 13.2 Å². The SMILES string of the molecule is COc1ccc(S(=O)(=O)N2CCN(C(=O)Cc3c[nH]c4ccccc34)CC2)cc1OC. The smallest absolute Gasteiger partial charge is 0.243 e.